The number of hydrogen-bond donors (Lipinski definition) is 2. The second kappa shape index (κ2) is 5.59. The van der Waals surface area contributed by atoms with E-state index in [4.69, 9.17) is 15.4 Å². The summed E-state index contributed by atoms with van der Waals surface area (Å²) in [5.74, 6) is 0.103. The number of nitrogens with two attached hydrogens (primary N) is 1. The average Bonchev–Trinajstić information content (AvgIpc) is 2.88. The molecule has 2 rings (SSSR count). The first-order valence-electron chi connectivity index (χ1n) is 5.79. The van der Waals surface area contributed by atoms with Gasteiger partial charge in [-0.25, -0.2) is 0 Å². The van der Waals surface area contributed by atoms with Gasteiger partial charge in [0.1, 0.15) is 0 Å². The molecule has 2 aromatic rings. The van der Waals surface area contributed by atoms with E-state index in [1.165, 1.54) is 12.1 Å². The van der Waals surface area contributed by atoms with Gasteiger partial charge in [0.05, 0.1) is 11.6 Å². The van der Waals surface area contributed by atoms with Crippen LogP contribution < -0.4 is 5.73 Å². The van der Waals surface area contributed by atoms with Crippen LogP contribution in [0.3, 0.4) is 0 Å². The second-order valence-electron chi connectivity index (χ2n) is 4.15. The molecule has 0 bridgehead atoms. The van der Waals surface area contributed by atoms with Crippen molar-refractivity contribution in [3.8, 4) is 11.4 Å². The van der Waals surface area contributed by atoms with Crippen LogP contribution in [0.4, 0.5) is 13.2 Å². The van der Waals surface area contributed by atoms with Gasteiger partial charge in [-0.2, -0.15) is 18.2 Å². The van der Waals surface area contributed by atoms with Crippen molar-refractivity contribution < 1.29 is 22.8 Å². The van der Waals surface area contributed by atoms with E-state index in [9.17, 15) is 13.2 Å². The number of hydrogen-bond acceptors (Lipinski definition) is 5. The quantitative estimate of drug-likeness (QED) is 0.899. The largest absolute Gasteiger partial charge is 0.416 e. The van der Waals surface area contributed by atoms with Crippen molar-refractivity contribution in [2.24, 2.45) is 5.73 Å². The molecule has 0 aliphatic carbocycles. The third-order valence-electron chi connectivity index (χ3n) is 2.65. The highest BCUT2D eigenvalue weighted by Gasteiger charge is 2.30. The molecule has 0 fully saturated rings. The van der Waals surface area contributed by atoms with Crippen molar-refractivity contribution >= 4 is 0 Å². The summed E-state index contributed by atoms with van der Waals surface area (Å²) in [5.41, 5.74) is 5.06. The molecule has 1 aromatic heterocycles. The number of rotatable bonds is 4. The lowest BCUT2D eigenvalue weighted by Crippen LogP contribution is -2.12. The van der Waals surface area contributed by atoms with E-state index in [0.29, 0.717) is 0 Å². The summed E-state index contributed by atoms with van der Waals surface area (Å²) < 4.78 is 42.7. The number of aliphatic hydroxyl groups is 1. The first-order chi connectivity index (χ1) is 9.41. The average molecular weight is 287 g/mol. The number of nitrogens with zero attached hydrogens (tertiary/aromatic N) is 2. The lowest BCUT2D eigenvalue weighted by molar-refractivity contribution is -0.137. The van der Waals surface area contributed by atoms with Gasteiger partial charge in [-0.3, -0.25) is 0 Å². The second-order valence-corrected chi connectivity index (χ2v) is 4.15. The molecule has 1 heterocycles. The van der Waals surface area contributed by atoms with Crippen molar-refractivity contribution in [1.82, 2.24) is 10.1 Å². The Bertz CT molecular complexity index is 583. The summed E-state index contributed by atoms with van der Waals surface area (Å²) in [6.07, 6.45) is -4.21. The summed E-state index contributed by atoms with van der Waals surface area (Å²) in [7, 11) is 0. The van der Waals surface area contributed by atoms with Crippen molar-refractivity contribution in [1.29, 1.82) is 0 Å². The fraction of sp³-hybridized carbons (Fsp3) is 0.333. The van der Waals surface area contributed by atoms with Crippen LogP contribution in [0.5, 0.6) is 0 Å². The highest BCUT2D eigenvalue weighted by Crippen LogP contribution is 2.31. The fourth-order valence-corrected chi connectivity index (χ4v) is 1.60. The van der Waals surface area contributed by atoms with Gasteiger partial charge in [-0.15, -0.1) is 0 Å². The van der Waals surface area contributed by atoms with Gasteiger partial charge in [-0.1, -0.05) is 17.3 Å². The maximum Gasteiger partial charge on any atom is 0.416 e. The number of aliphatic hydroxyl groups excluding tert-OH is 1. The Morgan fingerprint density at radius 1 is 1.35 bits per heavy atom. The van der Waals surface area contributed by atoms with E-state index in [1.807, 2.05) is 0 Å². The molecule has 0 radical (unpaired) electrons. The van der Waals surface area contributed by atoms with Crippen LogP contribution in [0, 0.1) is 0 Å². The maximum atomic E-state index is 12.6. The van der Waals surface area contributed by atoms with Gasteiger partial charge in [-0.05, 0) is 18.6 Å². The molecule has 1 atom stereocenters. The number of benzene rings is 1. The van der Waals surface area contributed by atoms with Crippen LogP contribution in [0.25, 0.3) is 11.4 Å². The number of alkyl halides is 3. The van der Waals surface area contributed by atoms with Crippen LogP contribution in [0.1, 0.15) is 23.9 Å². The van der Waals surface area contributed by atoms with Crippen LogP contribution >= 0.6 is 0 Å². The van der Waals surface area contributed by atoms with E-state index >= 15 is 0 Å². The van der Waals surface area contributed by atoms with E-state index in [-0.39, 0.29) is 30.3 Å². The van der Waals surface area contributed by atoms with E-state index in [0.717, 1.165) is 12.1 Å². The molecule has 0 saturated carbocycles. The molecule has 0 aliphatic heterocycles. The maximum absolute atomic E-state index is 12.6. The molecular formula is C12H12F3N3O2. The first kappa shape index (κ1) is 14.5. The lowest BCUT2D eigenvalue weighted by atomic mass is 10.1. The standard InChI is InChI=1S/C12H12F3N3O2/c13-12(14,15)8-3-1-2-7(6-8)10-17-11(20-18-10)9(16)4-5-19/h1-3,6,9,19H,4-5,16H2. The van der Waals surface area contributed by atoms with E-state index in [1.54, 1.807) is 0 Å². The molecule has 1 aromatic carbocycles. The highest BCUT2D eigenvalue weighted by molar-refractivity contribution is 5.55. The van der Waals surface area contributed by atoms with Gasteiger partial charge >= 0.3 is 6.18 Å². The Morgan fingerprint density at radius 3 is 2.75 bits per heavy atom. The molecule has 1 unspecified atom stereocenters. The third kappa shape index (κ3) is 3.14. The van der Waals surface area contributed by atoms with Crippen LogP contribution in [-0.2, 0) is 6.18 Å². The van der Waals surface area contributed by atoms with Gasteiger partial charge in [0, 0.05) is 12.2 Å². The molecule has 0 spiro atoms. The Labute approximate surface area is 112 Å². The zero-order valence-corrected chi connectivity index (χ0v) is 10.3. The molecule has 0 saturated heterocycles. The zero-order chi connectivity index (χ0) is 14.8. The minimum absolute atomic E-state index is 0.0273. The van der Waals surface area contributed by atoms with Crippen LogP contribution in [-0.4, -0.2) is 21.9 Å². The summed E-state index contributed by atoms with van der Waals surface area (Å²) in [6.45, 7) is -0.150. The van der Waals surface area contributed by atoms with Crippen molar-refractivity contribution in [3.63, 3.8) is 0 Å². The topological polar surface area (TPSA) is 85.2 Å². The predicted octanol–water partition coefficient (Wildman–Crippen LogP) is 2.14. The molecule has 5 nitrogen and oxygen atoms in total. The van der Waals surface area contributed by atoms with E-state index in [2.05, 4.69) is 10.1 Å². The highest BCUT2D eigenvalue weighted by atomic mass is 19.4. The normalized spacial score (nSPS) is 13.4. The Morgan fingerprint density at radius 2 is 2.10 bits per heavy atom. The predicted molar refractivity (Wildman–Crippen MR) is 63.4 cm³/mol. The summed E-state index contributed by atoms with van der Waals surface area (Å²) >= 11 is 0. The van der Waals surface area contributed by atoms with Crippen LogP contribution in [0.2, 0.25) is 0 Å². The first-order valence-corrected chi connectivity index (χ1v) is 5.79. The van der Waals surface area contributed by atoms with Gasteiger partial charge in [0.2, 0.25) is 11.7 Å². The Balaban J connectivity index is 2.28. The van der Waals surface area contributed by atoms with Crippen molar-refractivity contribution in [2.45, 2.75) is 18.6 Å². The van der Waals surface area contributed by atoms with Crippen LogP contribution in [0.15, 0.2) is 28.8 Å². The molecule has 20 heavy (non-hydrogen) atoms. The molecular weight excluding hydrogens is 275 g/mol. The smallest absolute Gasteiger partial charge is 0.396 e. The monoisotopic (exact) mass is 287 g/mol. The SMILES string of the molecule is NC(CCO)c1nc(-c2cccc(C(F)(F)F)c2)no1. The lowest BCUT2D eigenvalue weighted by Gasteiger charge is -2.06. The zero-order valence-electron chi connectivity index (χ0n) is 10.3. The Kier molecular flexibility index (Phi) is 4.05. The summed E-state index contributed by atoms with van der Waals surface area (Å²) in [5, 5.41) is 12.4. The van der Waals surface area contributed by atoms with Gasteiger partial charge < -0.3 is 15.4 Å². The summed E-state index contributed by atoms with van der Waals surface area (Å²) in [6, 6.07) is 3.96. The van der Waals surface area contributed by atoms with E-state index < -0.39 is 17.8 Å². The third-order valence-corrected chi connectivity index (χ3v) is 2.65. The van der Waals surface area contributed by atoms with Crippen molar-refractivity contribution in [2.75, 3.05) is 6.61 Å². The molecule has 8 heteroatoms. The molecule has 0 amide bonds. The van der Waals surface area contributed by atoms with Gasteiger partial charge in [0.15, 0.2) is 0 Å². The number of halogens is 3. The minimum Gasteiger partial charge on any atom is -0.396 e. The summed E-state index contributed by atoms with van der Waals surface area (Å²) in [4.78, 5) is 3.94. The molecule has 0 aliphatic rings. The molecule has 108 valence electrons. The molecule has 3 N–H and O–H groups in total. The minimum atomic E-state index is -4.43. The van der Waals surface area contributed by atoms with Gasteiger partial charge in [0.25, 0.3) is 0 Å². The van der Waals surface area contributed by atoms with Crippen molar-refractivity contribution in [3.05, 3.63) is 35.7 Å². The fourth-order valence-electron chi connectivity index (χ4n) is 1.60. The number of aromatic nitrogens is 2. The Hall–Kier alpha value is -1.93.